The second-order valence-corrected chi connectivity index (χ2v) is 7.30. The zero-order valence-electron chi connectivity index (χ0n) is 12.7. The fraction of sp³-hybridized carbons (Fsp3) is 0.188. The van der Waals surface area contributed by atoms with E-state index in [-0.39, 0.29) is 11.2 Å². The minimum absolute atomic E-state index is 0.0753. The number of nitrogens with one attached hydrogen (secondary N) is 1. The van der Waals surface area contributed by atoms with Gasteiger partial charge in [0.25, 0.3) is 0 Å². The van der Waals surface area contributed by atoms with E-state index < -0.39 is 0 Å². The van der Waals surface area contributed by atoms with Crippen molar-refractivity contribution in [2.75, 3.05) is 0 Å². The molecule has 0 spiro atoms. The Kier molecular flexibility index (Phi) is 5.28. The van der Waals surface area contributed by atoms with Crippen molar-refractivity contribution >= 4 is 46.5 Å². The Morgan fingerprint density at radius 2 is 2.04 bits per heavy atom. The summed E-state index contributed by atoms with van der Waals surface area (Å²) in [5.41, 5.74) is 1.56. The minimum Gasteiger partial charge on any atom is -0.351 e. The van der Waals surface area contributed by atoms with Crippen LogP contribution in [0, 0.1) is 0 Å². The van der Waals surface area contributed by atoms with Crippen LogP contribution in [0.3, 0.4) is 0 Å². The first kappa shape index (κ1) is 17.1. The molecule has 0 aliphatic heterocycles. The standard InChI is InChI=1S/C16H14Cl2N4OS/c1-10(15(23)19-8-11-5-3-2-4-6-11)24-16-21-20-14-13(18)7-12(17)9-22(14)16/h2-7,9-10H,8H2,1H3,(H,19,23). The van der Waals surface area contributed by atoms with Crippen LogP contribution in [0.4, 0.5) is 0 Å². The SMILES string of the molecule is CC(Sc1nnc2c(Cl)cc(Cl)cn12)C(=O)NCc1ccccc1. The Labute approximate surface area is 153 Å². The van der Waals surface area contributed by atoms with Gasteiger partial charge in [-0.05, 0) is 18.6 Å². The molecule has 0 aliphatic rings. The molecular formula is C16H14Cl2N4OS. The number of carbonyl (C=O) groups excluding carboxylic acids is 1. The molecular weight excluding hydrogens is 367 g/mol. The second kappa shape index (κ2) is 7.42. The van der Waals surface area contributed by atoms with Crippen LogP contribution >= 0.6 is 35.0 Å². The van der Waals surface area contributed by atoms with E-state index in [4.69, 9.17) is 23.2 Å². The van der Waals surface area contributed by atoms with Crippen molar-refractivity contribution in [2.45, 2.75) is 23.9 Å². The van der Waals surface area contributed by atoms with Crippen LogP contribution in [0.1, 0.15) is 12.5 Å². The van der Waals surface area contributed by atoms with E-state index in [0.29, 0.717) is 27.4 Å². The summed E-state index contributed by atoms with van der Waals surface area (Å²) in [4.78, 5) is 12.3. The maximum absolute atomic E-state index is 12.3. The summed E-state index contributed by atoms with van der Waals surface area (Å²) in [6, 6.07) is 11.4. The van der Waals surface area contributed by atoms with E-state index in [0.717, 1.165) is 5.56 Å². The molecule has 0 saturated carbocycles. The van der Waals surface area contributed by atoms with Gasteiger partial charge in [-0.15, -0.1) is 10.2 Å². The lowest BCUT2D eigenvalue weighted by Crippen LogP contribution is -2.30. The average Bonchev–Trinajstić information content (AvgIpc) is 2.96. The van der Waals surface area contributed by atoms with E-state index in [1.165, 1.54) is 11.8 Å². The third-order valence-corrected chi connectivity index (χ3v) is 4.90. The average molecular weight is 381 g/mol. The second-order valence-electron chi connectivity index (χ2n) is 5.15. The number of carbonyl (C=O) groups is 1. The number of benzene rings is 1. The fourth-order valence-electron chi connectivity index (χ4n) is 2.12. The first-order valence-electron chi connectivity index (χ1n) is 7.22. The maximum Gasteiger partial charge on any atom is 0.233 e. The molecule has 124 valence electrons. The van der Waals surface area contributed by atoms with Gasteiger partial charge in [-0.2, -0.15) is 0 Å². The molecule has 0 fully saturated rings. The Balaban J connectivity index is 1.68. The minimum atomic E-state index is -0.334. The largest absolute Gasteiger partial charge is 0.351 e. The van der Waals surface area contributed by atoms with E-state index in [1.807, 2.05) is 37.3 Å². The number of thioether (sulfide) groups is 1. The molecule has 2 heterocycles. The van der Waals surface area contributed by atoms with Gasteiger partial charge in [0.05, 0.1) is 15.3 Å². The normalized spacial score (nSPS) is 12.3. The van der Waals surface area contributed by atoms with Gasteiger partial charge < -0.3 is 5.32 Å². The third kappa shape index (κ3) is 3.83. The molecule has 1 unspecified atom stereocenters. The van der Waals surface area contributed by atoms with Gasteiger partial charge in [-0.1, -0.05) is 65.3 Å². The zero-order chi connectivity index (χ0) is 17.1. The van der Waals surface area contributed by atoms with Crippen LogP contribution in [0.25, 0.3) is 5.65 Å². The molecule has 3 rings (SSSR count). The van der Waals surface area contributed by atoms with Crippen molar-refractivity contribution in [2.24, 2.45) is 0 Å². The van der Waals surface area contributed by atoms with Gasteiger partial charge in [0.15, 0.2) is 10.8 Å². The predicted octanol–water partition coefficient (Wildman–Crippen LogP) is 3.83. The summed E-state index contributed by atoms with van der Waals surface area (Å²) in [6.07, 6.45) is 1.68. The number of amides is 1. The van der Waals surface area contributed by atoms with E-state index in [2.05, 4.69) is 15.5 Å². The number of pyridine rings is 1. The van der Waals surface area contributed by atoms with Gasteiger partial charge in [0.2, 0.25) is 5.91 Å². The van der Waals surface area contributed by atoms with Crippen LogP contribution in [0.5, 0.6) is 0 Å². The number of hydrogen-bond donors (Lipinski definition) is 1. The number of aromatic nitrogens is 3. The van der Waals surface area contributed by atoms with Gasteiger partial charge in [0.1, 0.15) is 0 Å². The lowest BCUT2D eigenvalue weighted by atomic mass is 10.2. The van der Waals surface area contributed by atoms with E-state index in [9.17, 15) is 4.79 Å². The summed E-state index contributed by atoms with van der Waals surface area (Å²) >= 11 is 13.4. The summed E-state index contributed by atoms with van der Waals surface area (Å²) in [5.74, 6) is -0.0753. The first-order chi connectivity index (χ1) is 11.5. The molecule has 8 heteroatoms. The van der Waals surface area contributed by atoms with Crippen LogP contribution < -0.4 is 5.32 Å². The van der Waals surface area contributed by atoms with Crippen LogP contribution in [-0.2, 0) is 11.3 Å². The lowest BCUT2D eigenvalue weighted by Gasteiger charge is -2.11. The summed E-state index contributed by atoms with van der Waals surface area (Å²) in [6.45, 7) is 2.31. The van der Waals surface area contributed by atoms with Gasteiger partial charge >= 0.3 is 0 Å². The van der Waals surface area contributed by atoms with E-state index >= 15 is 0 Å². The molecule has 0 saturated heterocycles. The first-order valence-corrected chi connectivity index (χ1v) is 8.86. The lowest BCUT2D eigenvalue weighted by molar-refractivity contribution is -0.120. The van der Waals surface area contributed by atoms with Crippen LogP contribution in [-0.4, -0.2) is 25.8 Å². The highest BCUT2D eigenvalue weighted by atomic mass is 35.5. The molecule has 1 aromatic carbocycles. The van der Waals surface area contributed by atoms with Crippen LogP contribution in [0.2, 0.25) is 10.0 Å². The highest BCUT2D eigenvalue weighted by molar-refractivity contribution is 8.00. The molecule has 1 N–H and O–H groups in total. The highest BCUT2D eigenvalue weighted by Gasteiger charge is 2.18. The maximum atomic E-state index is 12.3. The topological polar surface area (TPSA) is 59.3 Å². The molecule has 3 aromatic rings. The monoisotopic (exact) mass is 380 g/mol. The fourth-order valence-corrected chi connectivity index (χ4v) is 3.48. The molecule has 24 heavy (non-hydrogen) atoms. The Morgan fingerprint density at radius 1 is 1.29 bits per heavy atom. The quantitative estimate of drug-likeness (QED) is 0.683. The summed E-state index contributed by atoms with van der Waals surface area (Å²) in [5, 5.41) is 12.2. The zero-order valence-corrected chi connectivity index (χ0v) is 15.1. The van der Waals surface area contributed by atoms with Gasteiger partial charge in [0, 0.05) is 12.7 Å². The predicted molar refractivity (Wildman–Crippen MR) is 96.6 cm³/mol. The van der Waals surface area contributed by atoms with Crippen molar-refractivity contribution in [1.82, 2.24) is 19.9 Å². The van der Waals surface area contributed by atoms with Crippen molar-refractivity contribution in [3.8, 4) is 0 Å². The molecule has 2 aromatic heterocycles. The highest BCUT2D eigenvalue weighted by Crippen LogP contribution is 2.27. The third-order valence-electron chi connectivity index (χ3n) is 3.36. The molecule has 1 amide bonds. The molecule has 5 nitrogen and oxygen atoms in total. The van der Waals surface area contributed by atoms with Gasteiger partial charge in [-0.25, -0.2) is 0 Å². The number of nitrogens with zero attached hydrogens (tertiary/aromatic N) is 3. The molecule has 1 atom stereocenters. The van der Waals surface area contributed by atoms with Gasteiger partial charge in [-0.3, -0.25) is 9.20 Å². The van der Waals surface area contributed by atoms with Crippen molar-refractivity contribution in [1.29, 1.82) is 0 Å². The smallest absolute Gasteiger partial charge is 0.233 e. The number of rotatable bonds is 5. The van der Waals surface area contributed by atoms with Crippen LogP contribution in [0.15, 0.2) is 47.8 Å². The Morgan fingerprint density at radius 3 is 2.79 bits per heavy atom. The van der Waals surface area contributed by atoms with Crippen molar-refractivity contribution in [3.63, 3.8) is 0 Å². The summed E-state index contributed by atoms with van der Waals surface area (Å²) < 4.78 is 1.69. The van der Waals surface area contributed by atoms with Crippen molar-refractivity contribution < 1.29 is 4.79 Å². The number of hydrogen-bond acceptors (Lipinski definition) is 4. The number of fused-ring (bicyclic) bond motifs is 1. The molecule has 0 radical (unpaired) electrons. The Hall–Kier alpha value is -1.76. The molecule has 0 aliphatic carbocycles. The number of halogens is 2. The summed E-state index contributed by atoms with van der Waals surface area (Å²) in [7, 11) is 0. The van der Waals surface area contributed by atoms with E-state index in [1.54, 1.807) is 16.7 Å². The Bertz CT molecular complexity index is 869. The molecule has 0 bridgehead atoms. The van der Waals surface area contributed by atoms with Crippen molar-refractivity contribution in [3.05, 3.63) is 58.2 Å².